The number of hydrogen-bond acceptors (Lipinski definition) is 3. The average molecular weight is 305 g/mol. The van der Waals surface area contributed by atoms with Crippen molar-refractivity contribution in [1.82, 2.24) is 14.7 Å². The summed E-state index contributed by atoms with van der Waals surface area (Å²) in [6, 6.07) is 6.19. The molecule has 1 saturated heterocycles. The van der Waals surface area contributed by atoms with Gasteiger partial charge in [0.25, 0.3) is 0 Å². The van der Waals surface area contributed by atoms with E-state index >= 15 is 0 Å². The third kappa shape index (κ3) is 3.06. The van der Waals surface area contributed by atoms with Gasteiger partial charge in [-0.1, -0.05) is 30.2 Å². The largest absolute Gasteiger partial charge is 0.383 e. The normalized spacial score (nSPS) is 16.3. The van der Waals surface area contributed by atoms with E-state index < -0.39 is 0 Å². The minimum absolute atomic E-state index is 0.662. The third-order valence-corrected chi connectivity index (χ3v) is 4.54. The summed E-state index contributed by atoms with van der Waals surface area (Å²) in [6.07, 6.45) is 5.72. The second-order valence-corrected chi connectivity index (χ2v) is 6.12. The maximum atomic E-state index is 6.46. The summed E-state index contributed by atoms with van der Waals surface area (Å²) in [4.78, 5) is 2.48. The quantitative estimate of drug-likeness (QED) is 0.946. The van der Waals surface area contributed by atoms with Gasteiger partial charge in [-0.2, -0.15) is 5.10 Å². The van der Waals surface area contributed by atoms with E-state index in [1.165, 1.54) is 37.9 Å². The van der Waals surface area contributed by atoms with Gasteiger partial charge in [0.1, 0.15) is 5.82 Å². The number of hydrogen-bond donors (Lipinski definition) is 1. The van der Waals surface area contributed by atoms with Gasteiger partial charge in [-0.05, 0) is 43.1 Å². The summed E-state index contributed by atoms with van der Waals surface area (Å²) in [6.45, 7) is 3.28. The Bertz CT molecular complexity index is 629. The van der Waals surface area contributed by atoms with E-state index in [2.05, 4.69) is 22.1 Å². The summed E-state index contributed by atoms with van der Waals surface area (Å²) >= 11 is 6.46. The highest BCUT2D eigenvalue weighted by atomic mass is 35.5. The Labute approximate surface area is 130 Å². The first-order valence-corrected chi connectivity index (χ1v) is 7.81. The Hall–Kier alpha value is -1.52. The molecule has 1 aliphatic heterocycles. The lowest BCUT2D eigenvalue weighted by Gasteiger charge is -2.26. The molecule has 4 nitrogen and oxygen atoms in total. The Kier molecular flexibility index (Phi) is 4.17. The molecule has 0 amide bonds. The van der Waals surface area contributed by atoms with Crippen LogP contribution in [0.2, 0.25) is 5.02 Å². The van der Waals surface area contributed by atoms with Gasteiger partial charge in [0, 0.05) is 24.2 Å². The van der Waals surface area contributed by atoms with Gasteiger partial charge in [0.2, 0.25) is 0 Å². The molecule has 112 valence electrons. The van der Waals surface area contributed by atoms with E-state index in [1.54, 1.807) is 10.9 Å². The zero-order valence-electron chi connectivity index (χ0n) is 12.3. The first kappa shape index (κ1) is 14.4. The number of nitrogen functional groups attached to an aromatic ring is 1. The van der Waals surface area contributed by atoms with Crippen molar-refractivity contribution in [1.29, 1.82) is 0 Å². The zero-order valence-corrected chi connectivity index (χ0v) is 13.1. The first-order chi connectivity index (χ1) is 10.1. The molecule has 2 aromatic rings. The maximum absolute atomic E-state index is 6.46. The van der Waals surface area contributed by atoms with Crippen LogP contribution in [0.25, 0.3) is 11.1 Å². The lowest BCUT2D eigenvalue weighted by atomic mass is 10.0. The molecule has 0 bridgehead atoms. The molecule has 5 heteroatoms. The number of halogens is 1. The predicted molar refractivity (Wildman–Crippen MR) is 87.2 cm³/mol. The number of rotatable bonds is 3. The molecule has 0 spiro atoms. The van der Waals surface area contributed by atoms with E-state index in [-0.39, 0.29) is 0 Å². The Morgan fingerprint density at radius 2 is 2.00 bits per heavy atom. The zero-order chi connectivity index (χ0) is 14.8. The van der Waals surface area contributed by atoms with Crippen LogP contribution in [0.4, 0.5) is 5.82 Å². The number of aryl methyl sites for hydroxylation is 1. The van der Waals surface area contributed by atoms with Crippen molar-refractivity contribution in [2.24, 2.45) is 7.05 Å². The summed E-state index contributed by atoms with van der Waals surface area (Å²) in [5, 5.41) is 4.99. The molecule has 21 heavy (non-hydrogen) atoms. The van der Waals surface area contributed by atoms with Gasteiger partial charge in [-0.3, -0.25) is 9.58 Å². The summed E-state index contributed by atoms with van der Waals surface area (Å²) < 4.78 is 1.67. The molecule has 0 atom stereocenters. The molecular formula is C16H21ClN4. The first-order valence-electron chi connectivity index (χ1n) is 7.44. The van der Waals surface area contributed by atoms with Crippen molar-refractivity contribution < 1.29 is 0 Å². The fourth-order valence-corrected chi connectivity index (χ4v) is 3.11. The van der Waals surface area contributed by atoms with Crippen LogP contribution < -0.4 is 5.73 Å². The fraction of sp³-hybridized carbons (Fsp3) is 0.438. The van der Waals surface area contributed by atoms with E-state index in [9.17, 15) is 0 Å². The molecule has 1 aliphatic rings. The van der Waals surface area contributed by atoms with Crippen LogP contribution in [0, 0.1) is 0 Å². The number of likely N-dealkylation sites (tertiary alicyclic amines) is 1. The Balaban J connectivity index is 1.81. The van der Waals surface area contributed by atoms with E-state index in [4.69, 9.17) is 17.3 Å². The summed E-state index contributed by atoms with van der Waals surface area (Å²) in [5.41, 5.74) is 9.16. The Morgan fingerprint density at radius 3 is 2.62 bits per heavy atom. The maximum Gasteiger partial charge on any atom is 0.129 e. The van der Waals surface area contributed by atoms with Gasteiger partial charge in [-0.15, -0.1) is 0 Å². The van der Waals surface area contributed by atoms with Crippen LogP contribution in [-0.4, -0.2) is 27.8 Å². The van der Waals surface area contributed by atoms with Gasteiger partial charge < -0.3 is 5.73 Å². The molecule has 3 rings (SSSR count). The SMILES string of the molecule is Cn1ncc(-c2ccc(CN3CCCCC3)c(Cl)c2)c1N. The topological polar surface area (TPSA) is 47.1 Å². The monoisotopic (exact) mass is 304 g/mol. The lowest BCUT2D eigenvalue weighted by Crippen LogP contribution is -2.29. The summed E-state index contributed by atoms with van der Waals surface area (Å²) in [7, 11) is 1.84. The highest BCUT2D eigenvalue weighted by molar-refractivity contribution is 6.31. The van der Waals surface area contributed by atoms with E-state index in [0.29, 0.717) is 5.82 Å². The van der Waals surface area contributed by atoms with Gasteiger partial charge in [-0.25, -0.2) is 0 Å². The number of nitrogens with two attached hydrogens (primary N) is 1. The molecule has 2 heterocycles. The number of benzene rings is 1. The molecule has 1 fully saturated rings. The Morgan fingerprint density at radius 1 is 1.24 bits per heavy atom. The smallest absolute Gasteiger partial charge is 0.129 e. The second kappa shape index (κ2) is 6.08. The van der Waals surface area contributed by atoms with Crippen LogP contribution in [0.1, 0.15) is 24.8 Å². The molecule has 2 N–H and O–H groups in total. The minimum atomic E-state index is 0.662. The molecule has 1 aromatic heterocycles. The van der Waals surface area contributed by atoms with Crippen molar-refractivity contribution in [3.05, 3.63) is 35.0 Å². The van der Waals surface area contributed by atoms with Gasteiger partial charge in [0.05, 0.1) is 6.20 Å². The van der Waals surface area contributed by atoms with Crippen molar-refractivity contribution in [2.75, 3.05) is 18.8 Å². The molecule has 1 aromatic carbocycles. The van der Waals surface area contributed by atoms with Gasteiger partial charge >= 0.3 is 0 Å². The van der Waals surface area contributed by atoms with Crippen molar-refractivity contribution in [3.8, 4) is 11.1 Å². The average Bonchev–Trinajstić information content (AvgIpc) is 2.82. The molecule has 0 aliphatic carbocycles. The highest BCUT2D eigenvalue weighted by Gasteiger charge is 2.14. The van der Waals surface area contributed by atoms with E-state index in [1.807, 2.05) is 13.1 Å². The third-order valence-electron chi connectivity index (χ3n) is 4.19. The number of aromatic nitrogens is 2. The fourth-order valence-electron chi connectivity index (χ4n) is 2.87. The number of anilines is 1. The van der Waals surface area contributed by atoms with Crippen LogP contribution in [-0.2, 0) is 13.6 Å². The van der Waals surface area contributed by atoms with Gasteiger partial charge in [0.15, 0.2) is 0 Å². The number of piperidine rings is 1. The standard InChI is InChI=1S/C16H21ClN4/c1-20-16(18)14(10-19-20)12-5-6-13(15(17)9-12)11-21-7-3-2-4-8-21/h5-6,9-10H,2-4,7-8,11,18H2,1H3. The van der Waals surface area contributed by atoms with Crippen LogP contribution in [0.3, 0.4) is 0 Å². The molecule has 0 radical (unpaired) electrons. The molecular weight excluding hydrogens is 284 g/mol. The molecule has 0 saturated carbocycles. The van der Waals surface area contributed by atoms with Crippen LogP contribution in [0.5, 0.6) is 0 Å². The van der Waals surface area contributed by atoms with Crippen molar-refractivity contribution in [2.45, 2.75) is 25.8 Å². The predicted octanol–water partition coefficient (Wildman–Crippen LogP) is 3.31. The molecule has 0 unspecified atom stereocenters. The van der Waals surface area contributed by atoms with Crippen LogP contribution >= 0.6 is 11.6 Å². The van der Waals surface area contributed by atoms with Crippen molar-refractivity contribution >= 4 is 17.4 Å². The van der Waals surface area contributed by atoms with Crippen LogP contribution in [0.15, 0.2) is 24.4 Å². The second-order valence-electron chi connectivity index (χ2n) is 5.71. The van der Waals surface area contributed by atoms with Crippen molar-refractivity contribution in [3.63, 3.8) is 0 Å². The minimum Gasteiger partial charge on any atom is -0.383 e. The number of nitrogens with zero attached hydrogens (tertiary/aromatic N) is 3. The lowest BCUT2D eigenvalue weighted by molar-refractivity contribution is 0.221. The van der Waals surface area contributed by atoms with E-state index in [0.717, 1.165) is 22.7 Å². The summed E-state index contributed by atoms with van der Waals surface area (Å²) in [5.74, 6) is 0.662. The highest BCUT2D eigenvalue weighted by Crippen LogP contribution is 2.30.